The Morgan fingerprint density at radius 2 is 1.96 bits per heavy atom. The predicted molar refractivity (Wildman–Crippen MR) is 77.1 cm³/mol. The maximum absolute atomic E-state index is 13.8. The molecule has 0 bridgehead atoms. The van der Waals surface area contributed by atoms with Crippen LogP contribution in [-0.4, -0.2) is 55.1 Å². The van der Waals surface area contributed by atoms with Crippen molar-refractivity contribution < 1.29 is 22.7 Å². The van der Waals surface area contributed by atoms with Gasteiger partial charge in [-0.3, -0.25) is 9.69 Å². The SMILES string of the molecule is CN1C(=O)COC[C@@H]2CCN(Cc3cc(F)c(F)cc3F)C[C@@H]21. The van der Waals surface area contributed by atoms with Crippen LogP contribution in [0.15, 0.2) is 12.1 Å². The molecule has 2 heterocycles. The third-order valence-electron chi connectivity index (χ3n) is 4.74. The largest absolute Gasteiger partial charge is 0.371 e. The molecule has 1 amide bonds. The summed E-state index contributed by atoms with van der Waals surface area (Å²) in [6.45, 7) is 2.07. The van der Waals surface area contributed by atoms with Gasteiger partial charge in [0.2, 0.25) is 5.91 Å². The Labute approximate surface area is 132 Å². The van der Waals surface area contributed by atoms with Crippen LogP contribution >= 0.6 is 0 Å². The first-order valence-corrected chi connectivity index (χ1v) is 7.65. The van der Waals surface area contributed by atoms with E-state index in [4.69, 9.17) is 4.74 Å². The van der Waals surface area contributed by atoms with Crippen molar-refractivity contribution in [3.63, 3.8) is 0 Å². The van der Waals surface area contributed by atoms with Gasteiger partial charge in [-0.25, -0.2) is 13.2 Å². The summed E-state index contributed by atoms with van der Waals surface area (Å²) in [7, 11) is 1.75. The number of ether oxygens (including phenoxy) is 1. The average Bonchev–Trinajstić information content (AvgIpc) is 2.65. The van der Waals surface area contributed by atoms with E-state index in [9.17, 15) is 18.0 Å². The number of piperidine rings is 1. The number of fused-ring (bicyclic) bond motifs is 1. The van der Waals surface area contributed by atoms with Crippen LogP contribution in [0.5, 0.6) is 0 Å². The smallest absolute Gasteiger partial charge is 0.248 e. The number of amides is 1. The van der Waals surface area contributed by atoms with E-state index in [1.165, 1.54) is 0 Å². The Balaban J connectivity index is 1.73. The Bertz CT molecular complexity index is 611. The normalized spacial score (nSPS) is 26.1. The summed E-state index contributed by atoms with van der Waals surface area (Å²) in [6.07, 6.45) is 0.813. The molecule has 0 saturated carbocycles. The maximum atomic E-state index is 13.8. The Morgan fingerprint density at radius 1 is 1.22 bits per heavy atom. The second kappa shape index (κ2) is 6.49. The highest BCUT2D eigenvalue weighted by molar-refractivity contribution is 5.77. The van der Waals surface area contributed by atoms with Gasteiger partial charge < -0.3 is 9.64 Å². The Kier molecular flexibility index (Phi) is 4.59. The summed E-state index contributed by atoms with van der Waals surface area (Å²) >= 11 is 0. The number of hydrogen-bond donors (Lipinski definition) is 0. The van der Waals surface area contributed by atoms with Gasteiger partial charge in [0, 0.05) is 43.7 Å². The van der Waals surface area contributed by atoms with Crippen LogP contribution in [0.4, 0.5) is 13.2 Å². The van der Waals surface area contributed by atoms with Gasteiger partial charge in [-0.15, -0.1) is 0 Å². The second-order valence-corrected chi connectivity index (χ2v) is 6.23. The predicted octanol–water partition coefficient (Wildman–Crippen LogP) is 1.78. The molecule has 0 N–H and O–H groups in total. The van der Waals surface area contributed by atoms with Crippen molar-refractivity contribution in [3.05, 3.63) is 35.1 Å². The second-order valence-electron chi connectivity index (χ2n) is 6.23. The van der Waals surface area contributed by atoms with E-state index in [2.05, 4.69) is 0 Å². The number of rotatable bonds is 2. The Morgan fingerprint density at radius 3 is 2.74 bits per heavy atom. The van der Waals surface area contributed by atoms with Gasteiger partial charge in [-0.05, 0) is 19.0 Å². The lowest BCUT2D eigenvalue weighted by atomic mass is 9.91. The zero-order valence-corrected chi connectivity index (χ0v) is 12.9. The topological polar surface area (TPSA) is 32.8 Å². The summed E-state index contributed by atoms with van der Waals surface area (Å²) < 4.78 is 45.5. The molecule has 0 radical (unpaired) electrons. The number of halogens is 3. The van der Waals surface area contributed by atoms with Crippen LogP contribution in [0, 0.1) is 23.4 Å². The zero-order valence-electron chi connectivity index (χ0n) is 12.9. The number of likely N-dealkylation sites (tertiary alicyclic amines) is 1. The standard InChI is InChI=1S/C16H19F3N2O2/c1-20-15-7-21(3-2-10(15)8-23-9-16(20)22)6-11-4-13(18)14(19)5-12(11)17/h4-5,10,15H,2-3,6-9H2,1H3/t10-,15-/m0/s1. The Hall–Kier alpha value is -1.60. The molecule has 0 aliphatic carbocycles. The highest BCUT2D eigenvalue weighted by atomic mass is 19.2. The van der Waals surface area contributed by atoms with Crippen LogP contribution in [0.1, 0.15) is 12.0 Å². The molecule has 2 aliphatic heterocycles. The number of likely N-dealkylation sites (N-methyl/N-ethyl adjacent to an activating group) is 1. The monoisotopic (exact) mass is 328 g/mol. The highest BCUT2D eigenvalue weighted by Crippen LogP contribution is 2.26. The fraction of sp³-hybridized carbons (Fsp3) is 0.562. The molecule has 0 spiro atoms. The van der Waals surface area contributed by atoms with Crippen LogP contribution in [0.25, 0.3) is 0 Å². The van der Waals surface area contributed by atoms with Crippen molar-refractivity contribution >= 4 is 5.91 Å². The number of carbonyl (C=O) groups excluding carboxylic acids is 1. The number of carbonyl (C=O) groups is 1. The van der Waals surface area contributed by atoms with E-state index < -0.39 is 17.5 Å². The molecule has 0 unspecified atom stereocenters. The van der Waals surface area contributed by atoms with Crippen molar-refractivity contribution in [2.75, 3.05) is 33.4 Å². The van der Waals surface area contributed by atoms with Gasteiger partial charge in [0.25, 0.3) is 0 Å². The van der Waals surface area contributed by atoms with Gasteiger partial charge in [-0.1, -0.05) is 0 Å². The fourth-order valence-corrected chi connectivity index (χ4v) is 3.33. The third kappa shape index (κ3) is 3.35. The van der Waals surface area contributed by atoms with E-state index >= 15 is 0 Å². The molecule has 126 valence electrons. The van der Waals surface area contributed by atoms with Gasteiger partial charge in [0.15, 0.2) is 11.6 Å². The van der Waals surface area contributed by atoms with Gasteiger partial charge >= 0.3 is 0 Å². The van der Waals surface area contributed by atoms with Crippen molar-refractivity contribution in [3.8, 4) is 0 Å². The summed E-state index contributed by atoms with van der Waals surface area (Å²) in [6, 6.07) is 1.47. The quantitative estimate of drug-likeness (QED) is 0.776. The summed E-state index contributed by atoms with van der Waals surface area (Å²) in [5.41, 5.74) is 0.126. The molecular weight excluding hydrogens is 309 g/mol. The lowest BCUT2D eigenvalue weighted by molar-refractivity contribution is -0.134. The molecule has 2 fully saturated rings. The molecule has 23 heavy (non-hydrogen) atoms. The lowest BCUT2D eigenvalue weighted by Gasteiger charge is -2.41. The highest BCUT2D eigenvalue weighted by Gasteiger charge is 2.36. The molecule has 7 heteroatoms. The van der Waals surface area contributed by atoms with E-state index in [1.807, 2.05) is 4.90 Å². The first-order chi connectivity index (χ1) is 11.0. The minimum atomic E-state index is -1.18. The first kappa shape index (κ1) is 16.3. The van der Waals surface area contributed by atoms with Crippen LogP contribution in [0.3, 0.4) is 0 Å². The number of hydrogen-bond acceptors (Lipinski definition) is 3. The molecule has 3 rings (SSSR count). The van der Waals surface area contributed by atoms with E-state index in [0.29, 0.717) is 25.8 Å². The van der Waals surface area contributed by atoms with Gasteiger partial charge in [0.05, 0.1) is 6.61 Å². The molecule has 2 saturated heterocycles. The van der Waals surface area contributed by atoms with Gasteiger partial charge in [0.1, 0.15) is 12.4 Å². The summed E-state index contributed by atoms with van der Waals surface area (Å²) in [4.78, 5) is 15.6. The molecule has 2 atom stereocenters. The summed E-state index contributed by atoms with van der Waals surface area (Å²) in [5.74, 6) is -2.81. The third-order valence-corrected chi connectivity index (χ3v) is 4.74. The van der Waals surface area contributed by atoms with Crippen molar-refractivity contribution in [1.29, 1.82) is 0 Å². The van der Waals surface area contributed by atoms with Gasteiger partial charge in [-0.2, -0.15) is 0 Å². The molecule has 0 aromatic heterocycles. The van der Waals surface area contributed by atoms with Crippen molar-refractivity contribution in [1.82, 2.24) is 9.80 Å². The maximum Gasteiger partial charge on any atom is 0.248 e. The first-order valence-electron chi connectivity index (χ1n) is 7.65. The molecule has 1 aromatic rings. The zero-order chi connectivity index (χ0) is 16.6. The average molecular weight is 328 g/mol. The molecular formula is C16H19F3N2O2. The summed E-state index contributed by atoms with van der Waals surface area (Å²) in [5, 5.41) is 0. The van der Waals surface area contributed by atoms with Crippen LogP contribution < -0.4 is 0 Å². The van der Waals surface area contributed by atoms with E-state index in [-0.39, 0.29) is 36.6 Å². The van der Waals surface area contributed by atoms with Crippen LogP contribution in [-0.2, 0) is 16.1 Å². The van der Waals surface area contributed by atoms with E-state index in [1.54, 1.807) is 11.9 Å². The molecule has 1 aromatic carbocycles. The molecule has 2 aliphatic rings. The fourth-order valence-electron chi connectivity index (χ4n) is 3.33. The molecule has 4 nitrogen and oxygen atoms in total. The minimum Gasteiger partial charge on any atom is -0.371 e. The lowest BCUT2D eigenvalue weighted by Crippen LogP contribution is -2.52. The van der Waals surface area contributed by atoms with E-state index in [0.717, 1.165) is 12.5 Å². The minimum absolute atomic E-state index is 0.00731. The van der Waals surface area contributed by atoms with Crippen molar-refractivity contribution in [2.24, 2.45) is 5.92 Å². The number of benzene rings is 1. The van der Waals surface area contributed by atoms with Crippen molar-refractivity contribution in [2.45, 2.75) is 19.0 Å². The number of nitrogens with zero attached hydrogens (tertiary/aromatic N) is 2. The van der Waals surface area contributed by atoms with Crippen LogP contribution in [0.2, 0.25) is 0 Å².